The maximum atomic E-state index is 11.2. The fourth-order valence-corrected chi connectivity index (χ4v) is 2.95. The van der Waals surface area contributed by atoms with E-state index in [9.17, 15) is 4.57 Å². The van der Waals surface area contributed by atoms with Crippen LogP contribution in [0.25, 0.3) is 0 Å². The number of allylic oxidation sites excluding steroid dienone is 1. The fourth-order valence-electron chi connectivity index (χ4n) is 2.76. The Hall–Kier alpha value is 0.517. The second kappa shape index (κ2) is 11.3. The molecule has 1 N–H and O–H groups in total. The van der Waals surface area contributed by atoms with Crippen molar-refractivity contribution in [3.8, 4) is 0 Å². The van der Waals surface area contributed by atoms with Gasteiger partial charge in [-0.3, -0.25) is 4.57 Å². The molecule has 24 heavy (non-hydrogen) atoms. The summed E-state index contributed by atoms with van der Waals surface area (Å²) in [5, 5.41) is 2.77. The first-order valence-electron chi connectivity index (χ1n) is 7.92. The molecule has 7 heteroatoms. The number of nitrogens with one attached hydrogen (secondary N) is 1. The zero-order chi connectivity index (χ0) is 17.1. The summed E-state index contributed by atoms with van der Waals surface area (Å²) >= 11 is 0. The molecule has 0 amide bonds. The molecule has 1 aliphatic rings. The Labute approximate surface area is 178 Å². The molecule has 0 aromatic heterocycles. The van der Waals surface area contributed by atoms with Crippen LogP contribution >= 0.6 is 8.46 Å². The standard InChI is InChI=1S/C17H31N2O2P.2W/c1-11(2)12(3)14(5)19-10-15(21-8)9-16(19)13(4)18-17(6,7)22-20;;/h11-12,15-16,18H,4-5,9-10H2,1-3,6-8H3;;. The van der Waals surface area contributed by atoms with Crippen LogP contribution in [-0.2, 0) is 51.4 Å². The van der Waals surface area contributed by atoms with Crippen LogP contribution in [0, 0.1) is 11.8 Å². The molecule has 1 rings (SSSR count). The van der Waals surface area contributed by atoms with E-state index in [1.54, 1.807) is 7.11 Å². The van der Waals surface area contributed by atoms with Gasteiger partial charge < -0.3 is 15.0 Å². The smallest absolute Gasteiger partial charge is 0.183 e. The van der Waals surface area contributed by atoms with E-state index in [1.807, 2.05) is 13.8 Å². The third kappa shape index (κ3) is 7.03. The number of hydrogen-bond donors (Lipinski definition) is 1. The number of rotatable bonds is 8. The average Bonchev–Trinajstić information content (AvgIpc) is 2.89. The summed E-state index contributed by atoms with van der Waals surface area (Å²) in [5.41, 5.74) is 2.00. The van der Waals surface area contributed by atoms with Gasteiger partial charge in [-0.15, -0.1) is 0 Å². The van der Waals surface area contributed by atoms with E-state index >= 15 is 0 Å². The minimum absolute atomic E-state index is 0. The Bertz CT molecular complexity index is 444. The number of nitrogens with zero attached hydrogens (tertiary/aromatic N) is 1. The monoisotopic (exact) mass is 694 g/mol. The first kappa shape index (κ1) is 26.7. The summed E-state index contributed by atoms with van der Waals surface area (Å²) < 4.78 is 16.8. The van der Waals surface area contributed by atoms with Crippen LogP contribution in [-0.4, -0.2) is 36.0 Å². The molecule has 3 atom stereocenters. The van der Waals surface area contributed by atoms with E-state index in [0.717, 1.165) is 24.4 Å². The van der Waals surface area contributed by atoms with Gasteiger partial charge in [0.05, 0.1) is 12.1 Å². The molecule has 0 saturated carbocycles. The van der Waals surface area contributed by atoms with E-state index in [0.29, 0.717) is 11.8 Å². The topological polar surface area (TPSA) is 41.6 Å². The predicted molar refractivity (Wildman–Crippen MR) is 93.0 cm³/mol. The van der Waals surface area contributed by atoms with Gasteiger partial charge in [-0.05, 0) is 25.7 Å². The fraction of sp³-hybridized carbons (Fsp3) is 0.765. The van der Waals surface area contributed by atoms with Gasteiger partial charge in [-0.1, -0.05) is 33.9 Å². The molecule has 1 saturated heterocycles. The van der Waals surface area contributed by atoms with Crippen molar-refractivity contribution >= 4 is 8.46 Å². The SMILES string of the molecule is C=C(NC(C)(C)P=O)C1CC(OC)CN1C(=C)C(C)C(C)C.[W].[W]. The van der Waals surface area contributed by atoms with Crippen molar-refractivity contribution in [3.63, 3.8) is 0 Å². The van der Waals surface area contributed by atoms with E-state index in [4.69, 9.17) is 4.74 Å². The predicted octanol–water partition coefficient (Wildman–Crippen LogP) is 4.01. The summed E-state index contributed by atoms with van der Waals surface area (Å²) in [5.74, 6) is 0.934. The molecule has 0 radical (unpaired) electrons. The Morgan fingerprint density at radius 2 is 1.83 bits per heavy atom. The Morgan fingerprint density at radius 3 is 2.25 bits per heavy atom. The van der Waals surface area contributed by atoms with E-state index in [2.05, 4.69) is 44.1 Å². The maximum Gasteiger partial charge on any atom is 0.183 e. The van der Waals surface area contributed by atoms with Gasteiger partial charge in [0.25, 0.3) is 0 Å². The molecule has 0 bridgehead atoms. The summed E-state index contributed by atoms with van der Waals surface area (Å²) in [4.78, 5) is 2.30. The van der Waals surface area contributed by atoms with Crippen LogP contribution in [0.3, 0.4) is 0 Å². The molecule has 0 aromatic carbocycles. The van der Waals surface area contributed by atoms with Crippen LogP contribution < -0.4 is 5.32 Å². The molecule has 0 spiro atoms. The second-order valence-electron chi connectivity index (χ2n) is 7.09. The van der Waals surface area contributed by atoms with Gasteiger partial charge in [0, 0.05) is 73.6 Å². The number of ether oxygens (including phenoxy) is 1. The second-order valence-corrected chi connectivity index (χ2v) is 8.39. The molecule has 0 aliphatic carbocycles. The summed E-state index contributed by atoms with van der Waals surface area (Å²) in [6.07, 6.45) is 1.05. The van der Waals surface area contributed by atoms with Crippen molar-refractivity contribution in [2.24, 2.45) is 11.8 Å². The van der Waals surface area contributed by atoms with Gasteiger partial charge in [0.1, 0.15) is 5.28 Å². The largest absolute Gasteiger partial charge is 0.380 e. The number of methoxy groups -OCH3 is 1. The van der Waals surface area contributed by atoms with Gasteiger partial charge in [0.2, 0.25) is 0 Å². The van der Waals surface area contributed by atoms with Crippen molar-refractivity contribution in [3.05, 3.63) is 24.6 Å². The van der Waals surface area contributed by atoms with Crippen LogP contribution in [0.15, 0.2) is 24.6 Å². The van der Waals surface area contributed by atoms with Crippen molar-refractivity contribution in [2.75, 3.05) is 13.7 Å². The minimum atomic E-state index is -0.515. The Kier molecular flexibility index (Phi) is 12.6. The summed E-state index contributed by atoms with van der Waals surface area (Å²) in [6.45, 7) is 19.7. The summed E-state index contributed by atoms with van der Waals surface area (Å²) in [7, 11) is 1.81. The normalized spacial score (nSPS) is 21.9. The molecule has 0 aromatic rings. The molecular weight excluding hydrogens is 663 g/mol. The third-order valence-electron chi connectivity index (χ3n) is 4.59. The molecule has 1 aliphatic heterocycles. The number of likely N-dealkylation sites (tertiary alicyclic amines) is 1. The average molecular weight is 694 g/mol. The van der Waals surface area contributed by atoms with E-state index in [1.165, 1.54) is 0 Å². The van der Waals surface area contributed by atoms with Crippen LogP contribution in [0.4, 0.5) is 0 Å². The molecule has 3 unspecified atom stereocenters. The zero-order valence-electron chi connectivity index (χ0n) is 15.7. The van der Waals surface area contributed by atoms with Crippen molar-refractivity contribution in [1.29, 1.82) is 0 Å². The van der Waals surface area contributed by atoms with Gasteiger partial charge in [-0.25, -0.2) is 0 Å². The molecule has 4 nitrogen and oxygen atoms in total. The third-order valence-corrected chi connectivity index (χ3v) is 5.16. The van der Waals surface area contributed by atoms with Gasteiger partial charge in [-0.2, -0.15) is 0 Å². The van der Waals surface area contributed by atoms with Gasteiger partial charge >= 0.3 is 0 Å². The first-order chi connectivity index (χ1) is 10.1. The summed E-state index contributed by atoms with van der Waals surface area (Å²) in [6, 6.07) is 0.125. The van der Waals surface area contributed by atoms with Gasteiger partial charge in [0.15, 0.2) is 8.46 Å². The molecule has 138 valence electrons. The maximum absolute atomic E-state index is 11.2. The molecule has 1 heterocycles. The number of hydrogen-bond acceptors (Lipinski definition) is 4. The Morgan fingerprint density at radius 1 is 1.29 bits per heavy atom. The van der Waals surface area contributed by atoms with Crippen molar-refractivity contribution in [1.82, 2.24) is 10.2 Å². The van der Waals surface area contributed by atoms with Crippen molar-refractivity contribution in [2.45, 2.75) is 58.5 Å². The first-order valence-corrected chi connectivity index (χ1v) is 8.74. The van der Waals surface area contributed by atoms with Crippen LogP contribution in [0.5, 0.6) is 0 Å². The van der Waals surface area contributed by atoms with Crippen molar-refractivity contribution < 1.29 is 51.4 Å². The van der Waals surface area contributed by atoms with E-state index < -0.39 is 5.28 Å². The minimum Gasteiger partial charge on any atom is -0.380 e. The molecule has 1 fully saturated rings. The van der Waals surface area contributed by atoms with Crippen LogP contribution in [0.2, 0.25) is 0 Å². The van der Waals surface area contributed by atoms with Crippen LogP contribution in [0.1, 0.15) is 41.0 Å². The van der Waals surface area contributed by atoms with E-state index in [-0.39, 0.29) is 62.7 Å². The molecular formula is C17H31N2O2PW2. The Balaban J connectivity index is 0. The zero-order valence-corrected chi connectivity index (χ0v) is 22.4. The quantitative estimate of drug-likeness (QED) is 0.391.